The fourth-order valence-corrected chi connectivity index (χ4v) is 8.98. The minimum absolute atomic E-state index is 0.0354. The third-order valence-electron chi connectivity index (χ3n) is 12.2. The molecule has 3 aromatic rings. The number of fused-ring (bicyclic) bond motifs is 2. The number of likely N-dealkylation sites (tertiary alicyclic amines) is 2. The number of aryl methyl sites for hydroxylation is 2. The summed E-state index contributed by atoms with van der Waals surface area (Å²) in [6.07, 6.45) is 2.19. The number of para-hydroxylation sites is 1. The molecule has 5 amide bonds. The maximum absolute atomic E-state index is 14.3. The molecule has 0 bridgehead atoms. The van der Waals surface area contributed by atoms with Crippen LogP contribution in [0.25, 0.3) is 11.1 Å². The fourth-order valence-electron chi connectivity index (χ4n) is 8.98. The molecule has 16 heteroatoms. The summed E-state index contributed by atoms with van der Waals surface area (Å²) in [5.41, 5.74) is 4.51. The Morgan fingerprint density at radius 3 is 2.26 bits per heavy atom. The lowest BCUT2D eigenvalue weighted by Gasteiger charge is -2.43. The fraction of sp³-hybridized carbons (Fsp3) is 0.571. The van der Waals surface area contributed by atoms with Crippen LogP contribution in [-0.4, -0.2) is 143 Å². The number of piperazine rings is 1. The standard InChI is InChI=1S/C42H55N7O9/c1-4-56-37(51)10-9-36(50)46-16-12-31(13-17-46)45-21-23-47(24-22-45)39(52)35(27-29-25-28(2)38-34(26-29)57-41(54)44(38)3)58-42(55)48-18-14-32(15-19-48)49-20-11-30-7-5-6-8-33(30)43-40(49)53/h5-8,25-26,31-32,35H,4,9-24,27H2,1-3H3,(H,43,53)/t35-/m1/s1. The van der Waals surface area contributed by atoms with Crippen molar-refractivity contribution in [3.05, 3.63) is 63.6 Å². The van der Waals surface area contributed by atoms with E-state index in [4.69, 9.17) is 13.9 Å². The lowest BCUT2D eigenvalue weighted by molar-refractivity contribution is -0.146. The second-order valence-electron chi connectivity index (χ2n) is 15.8. The second-order valence-corrected chi connectivity index (χ2v) is 15.8. The molecule has 5 heterocycles. The smallest absolute Gasteiger partial charge is 0.419 e. The molecule has 312 valence electrons. The molecule has 7 rings (SSSR count). The third kappa shape index (κ3) is 9.16. The van der Waals surface area contributed by atoms with Gasteiger partial charge in [0.1, 0.15) is 0 Å². The molecule has 0 radical (unpaired) electrons. The number of carbonyl (C=O) groups excluding carboxylic acids is 5. The number of urea groups is 1. The minimum Gasteiger partial charge on any atom is -0.466 e. The van der Waals surface area contributed by atoms with Gasteiger partial charge in [0.05, 0.1) is 18.5 Å². The molecule has 0 aliphatic carbocycles. The summed E-state index contributed by atoms with van der Waals surface area (Å²) in [4.78, 5) is 87.5. The van der Waals surface area contributed by atoms with Crippen LogP contribution in [0.3, 0.4) is 0 Å². The van der Waals surface area contributed by atoms with Crippen molar-refractivity contribution in [1.82, 2.24) is 29.1 Å². The Kier molecular flexibility index (Phi) is 12.7. The number of hydrogen-bond donors (Lipinski definition) is 1. The van der Waals surface area contributed by atoms with Crippen molar-refractivity contribution in [3.8, 4) is 0 Å². The van der Waals surface area contributed by atoms with Crippen molar-refractivity contribution < 1.29 is 37.9 Å². The van der Waals surface area contributed by atoms with Crippen LogP contribution in [0, 0.1) is 6.92 Å². The van der Waals surface area contributed by atoms with Crippen molar-refractivity contribution in [2.24, 2.45) is 7.05 Å². The van der Waals surface area contributed by atoms with E-state index in [1.54, 1.807) is 29.8 Å². The molecule has 1 atom stereocenters. The Morgan fingerprint density at radius 2 is 1.53 bits per heavy atom. The summed E-state index contributed by atoms with van der Waals surface area (Å²) in [6.45, 7) is 8.73. The number of amides is 5. The normalized spacial score (nSPS) is 19.1. The molecular formula is C42H55N7O9. The van der Waals surface area contributed by atoms with Gasteiger partial charge in [-0.05, 0) is 74.8 Å². The molecule has 3 fully saturated rings. The van der Waals surface area contributed by atoms with Gasteiger partial charge in [-0.1, -0.05) is 24.3 Å². The molecule has 0 spiro atoms. The molecule has 2 aromatic carbocycles. The largest absolute Gasteiger partial charge is 0.466 e. The van der Waals surface area contributed by atoms with E-state index in [0.717, 1.165) is 36.1 Å². The Balaban J connectivity index is 0.966. The average Bonchev–Trinajstić information content (AvgIpc) is 3.41. The Morgan fingerprint density at radius 1 is 0.845 bits per heavy atom. The number of hydrogen-bond acceptors (Lipinski definition) is 10. The van der Waals surface area contributed by atoms with E-state index in [1.165, 1.54) is 4.57 Å². The summed E-state index contributed by atoms with van der Waals surface area (Å²) in [5, 5.41) is 3.04. The Hall–Kier alpha value is -5.38. The summed E-state index contributed by atoms with van der Waals surface area (Å²) in [5.74, 6) is -1.16. The van der Waals surface area contributed by atoms with Crippen LogP contribution < -0.4 is 11.1 Å². The lowest BCUT2D eigenvalue weighted by Crippen LogP contribution is -2.57. The highest BCUT2D eigenvalue weighted by Gasteiger charge is 2.37. The highest BCUT2D eigenvalue weighted by molar-refractivity contribution is 5.91. The summed E-state index contributed by atoms with van der Waals surface area (Å²) in [7, 11) is 1.65. The van der Waals surface area contributed by atoms with Gasteiger partial charge in [0, 0.05) is 96.6 Å². The zero-order valence-electron chi connectivity index (χ0n) is 33.8. The average molecular weight is 802 g/mol. The maximum atomic E-state index is 14.3. The van der Waals surface area contributed by atoms with Crippen molar-refractivity contribution in [3.63, 3.8) is 0 Å². The van der Waals surface area contributed by atoms with Crippen molar-refractivity contribution in [2.75, 3.05) is 70.8 Å². The van der Waals surface area contributed by atoms with E-state index in [2.05, 4.69) is 10.2 Å². The number of piperidine rings is 2. The molecule has 0 saturated carbocycles. The van der Waals surface area contributed by atoms with E-state index < -0.39 is 18.0 Å². The van der Waals surface area contributed by atoms with Gasteiger partial charge in [0.15, 0.2) is 11.7 Å². The molecule has 16 nitrogen and oxygen atoms in total. The second kappa shape index (κ2) is 18.0. The van der Waals surface area contributed by atoms with Crippen LogP contribution in [-0.2, 0) is 43.7 Å². The maximum Gasteiger partial charge on any atom is 0.419 e. The van der Waals surface area contributed by atoms with E-state index in [1.807, 2.05) is 47.1 Å². The highest BCUT2D eigenvalue weighted by atomic mass is 16.6. The minimum atomic E-state index is -1.11. The molecule has 1 N–H and O–H groups in total. The molecule has 0 unspecified atom stereocenters. The Bertz CT molecular complexity index is 2060. The topological polar surface area (TPSA) is 167 Å². The van der Waals surface area contributed by atoms with E-state index in [0.29, 0.717) is 95.0 Å². The van der Waals surface area contributed by atoms with Gasteiger partial charge in [-0.25, -0.2) is 14.4 Å². The van der Waals surface area contributed by atoms with Gasteiger partial charge in [0.2, 0.25) is 5.91 Å². The van der Waals surface area contributed by atoms with Crippen molar-refractivity contribution in [2.45, 2.75) is 83.4 Å². The van der Waals surface area contributed by atoms with E-state index in [-0.39, 0.29) is 55.2 Å². The molecule has 3 saturated heterocycles. The van der Waals surface area contributed by atoms with Crippen LogP contribution in [0.15, 0.2) is 45.6 Å². The van der Waals surface area contributed by atoms with E-state index >= 15 is 0 Å². The van der Waals surface area contributed by atoms with Crippen LogP contribution in [0.2, 0.25) is 0 Å². The zero-order valence-corrected chi connectivity index (χ0v) is 33.8. The van der Waals surface area contributed by atoms with Gasteiger partial charge in [-0.2, -0.15) is 0 Å². The third-order valence-corrected chi connectivity index (χ3v) is 12.2. The molecule has 1 aromatic heterocycles. The molecule has 58 heavy (non-hydrogen) atoms. The van der Waals surface area contributed by atoms with Gasteiger partial charge in [-0.3, -0.25) is 23.9 Å². The predicted octanol–water partition coefficient (Wildman–Crippen LogP) is 3.52. The summed E-state index contributed by atoms with van der Waals surface area (Å²) >= 11 is 0. The summed E-state index contributed by atoms with van der Waals surface area (Å²) in [6, 6.07) is 11.5. The number of aromatic nitrogens is 1. The number of benzene rings is 2. The SMILES string of the molecule is CCOC(=O)CCC(=O)N1CCC(N2CCN(C(=O)[C@@H](Cc3cc(C)c4c(c3)oc(=O)n4C)OC(=O)N3CCC(N4CCc5ccccc5NC4=O)CC3)CC2)CC1. The number of ether oxygens (including phenoxy) is 2. The monoisotopic (exact) mass is 801 g/mol. The van der Waals surface area contributed by atoms with Crippen LogP contribution in [0.1, 0.15) is 62.1 Å². The first-order chi connectivity index (χ1) is 28.0. The first-order valence-electron chi connectivity index (χ1n) is 20.7. The number of nitrogens with one attached hydrogen (secondary N) is 1. The van der Waals surface area contributed by atoms with Gasteiger partial charge in [-0.15, -0.1) is 0 Å². The molecule has 4 aliphatic heterocycles. The highest BCUT2D eigenvalue weighted by Crippen LogP contribution is 2.27. The van der Waals surface area contributed by atoms with Gasteiger partial charge < -0.3 is 38.8 Å². The van der Waals surface area contributed by atoms with E-state index in [9.17, 15) is 28.8 Å². The number of esters is 1. The molecule has 4 aliphatic rings. The van der Waals surface area contributed by atoms with Gasteiger partial charge >= 0.3 is 23.8 Å². The zero-order chi connectivity index (χ0) is 40.9. The number of oxazole rings is 1. The lowest BCUT2D eigenvalue weighted by atomic mass is 10.0. The predicted molar refractivity (Wildman–Crippen MR) is 214 cm³/mol. The number of carbonyl (C=O) groups is 5. The number of anilines is 1. The number of rotatable bonds is 10. The van der Waals surface area contributed by atoms with Gasteiger partial charge in [0.25, 0.3) is 5.91 Å². The van der Waals surface area contributed by atoms with Crippen LogP contribution in [0.4, 0.5) is 15.3 Å². The van der Waals surface area contributed by atoms with Crippen molar-refractivity contribution >= 4 is 46.7 Å². The van der Waals surface area contributed by atoms with Crippen molar-refractivity contribution in [1.29, 1.82) is 0 Å². The van der Waals surface area contributed by atoms with Crippen LogP contribution in [0.5, 0.6) is 0 Å². The summed E-state index contributed by atoms with van der Waals surface area (Å²) < 4.78 is 18.0. The first-order valence-corrected chi connectivity index (χ1v) is 20.7. The number of nitrogens with zero attached hydrogens (tertiary/aromatic N) is 6. The molecular weight excluding hydrogens is 747 g/mol. The Labute approximate surface area is 337 Å². The first kappa shape index (κ1) is 40.8. The quantitative estimate of drug-likeness (QED) is 0.300. The van der Waals surface area contributed by atoms with Crippen LogP contribution >= 0.6 is 0 Å².